The molecule has 0 saturated carbocycles. The van der Waals surface area contributed by atoms with Gasteiger partial charge in [0.15, 0.2) is 17.6 Å². The molecule has 0 saturated heterocycles. The maximum Gasteiger partial charge on any atom is 0.188 e. The molecule has 0 aliphatic carbocycles. The van der Waals surface area contributed by atoms with Crippen LogP contribution in [0.3, 0.4) is 0 Å². The SMILES string of the molecule is COCOc1ccccc1-c1cc2c3c([nH]c2nn1)CCN(C(N)=S)C3C. The Bertz CT molecular complexity index is 1000. The lowest BCUT2D eigenvalue weighted by atomic mass is 9.97. The molecule has 1 unspecified atom stereocenters. The highest BCUT2D eigenvalue weighted by Gasteiger charge is 2.29. The van der Waals surface area contributed by atoms with Gasteiger partial charge in [-0.05, 0) is 37.3 Å². The summed E-state index contributed by atoms with van der Waals surface area (Å²) >= 11 is 5.22. The molecule has 1 aliphatic rings. The zero-order chi connectivity index (χ0) is 19.0. The van der Waals surface area contributed by atoms with Gasteiger partial charge in [-0.1, -0.05) is 12.1 Å². The number of ether oxygens (including phenoxy) is 2. The number of methoxy groups -OCH3 is 1. The zero-order valence-corrected chi connectivity index (χ0v) is 16.0. The second-order valence-electron chi connectivity index (χ2n) is 6.51. The third-order valence-corrected chi connectivity index (χ3v) is 5.18. The van der Waals surface area contributed by atoms with Crippen molar-refractivity contribution in [3.63, 3.8) is 0 Å². The summed E-state index contributed by atoms with van der Waals surface area (Å²) in [4.78, 5) is 5.44. The topological polar surface area (TPSA) is 89.3 Å². The number of hydrogen-bond donors (Lipinski definition) is 2. The molecule has 0 spiro atoms. The van der Waals surface area contributed by atoms with E-state index in [2.05, 4.69) is 22.1 Å². The number of nitrogens with two attached hydrogens (primary N) is 1. The van der Waals surface area contributed by atoms with Crippen molar-refractivity contribution in [3.05, 3.63) is 41.6 Å². The summed E-state index contributed by atoms with van der Waals surface area (Å²) < 4.78 is 10.7. The molecule has 8 heteroatoms. The third-order valence-electron chi connectivity index (χ3n) is 4.94. The lowest BCUT2D eigenvalue weighted by Gasteiger charge is -2.34. The Hall–Kier alpha value is -2.71. The van der Waals surface area contributed by atoms with Gasteiger partial charge in [0.25, 0.3) is 0 Å². The molecule has 27 heavy (non-hydrogen) atoms. The summed E-state index contributed by atoms with van der Waals surface area (Å²) in [5, 5.41) is 10.3. The number of aromatic nitrogens is 3. The highest BCUT2D eigenvalue weighted by molar-refractivity contribution is 7.80. The Balaban J connectivity index is 1.81. The smallest absolute Gasteiger partial charge is 0.188 e. The lowest BCUT2D eigenvalue weighted by Crippen LogP contribution is -2.41. The number of para-hydroxylation sites is 1. The number of nitrogens with one attached hydrogen (secondary N) is 1. The van der Waals surface area contributed by atoms with E-state index < -0.39 is 0 Å². The standard InChI is InChI=1S/C19H21N5O2S/c1-11-17-13-9-15(12-5-3-4-6-16(12)26-10-25-2)22-23-18(13)21-14(17)7-8-24(11)19(20)27/h3-6,9,11H,7-8,10H2,1-2H3,(H2,20,27)(H,21,23). The molecule has 140 valence electrons. The number of nitrogens with zero attached hydrogens (tertiary/aromatic N) is 3. The van der Waals surface area contributed by atoms with Crippen molar-refractivity contribution < 1.29 is 9.47 Å². The number of fused-ring (bicyclic) bond motifs is 3. The van der Waals surface area contributed by atoms with Gasteiger partial charge in [0.2, 0.25) is 0 Å². The van der Waals surface area contributed by atoms with Gasteiger partial charge >= 0.3 is 0 Å². The third kappa shape index (κ3) is 3.11. The van der Waals surface area contributed by atoms with Crippen molar-refractivity contribution in [1.29, 1.82) is 0 Å². The van der Waals surface area contributed by atoms with E-state index in [4.69, 9.17) is 27.4 Å². The first-order chi connectivity index (χ1) is 13.1. The van der Waals surface area contributed by atoms with Crippen LogP contribution in [0.5, 0.6) is 5.75 Å². The fourth-order valence-corrected chi connectivity index (χ4v) is 3.93. The predicted molar refractivity (Wildman–Crippen MR) is 107 cm³/mol. The van der Waals surface area contributed by atoms with Crippen LogP contribution in [0.1, 0.15) is 24.2 Å². The van der Waals surface area contributed by atoms with Gasteiger partial charge in [0, 0.05) is 42.3 Å². The van der Waals surface area contributed by atoms with Crippen LogP contribution in [0.15, 0.2) is 30.3 Å². The van der Waals surface area contributed by atoms with Gasteiger partial charge in [-0.2, -0.15) is 0 Å². The molecule has 0 fully saturated rings. The van der Waals surface area contributed by atoms with Crippen molar-refractivity contribution in [2.45, 2.75) is 19.4 Å². The van der Waals surface area contributed by atoms with Crippen LogP contribution in [-0.2, 0) is 11.2 Å². The molecule has 1 aromatic carbocycles. The number of rotatable bonds is 4. The first kappa shape index (κ1) is 17.7. The molecule has 7 nitrogen and oxygen atoms in total. The molecule has 3 aromatic rings. The second kappa shape index (κ2) is 7.13. The maximum atomic E-state index is 5.91. The normalized spacial score (nSPS) is 16.4. The second-order valence-corrected chi connectivity index (χ2v) is 6.93. The number of hydrogen-bond acceptors (Lipinski definition) is 5. The molecule has 3 N–H and O–H groups in total. The van der Waals surface area contributed by atoms with E-state index in [9.17, 15) is 0 Å². The summed E-state index contributed by atoms with van der Waals surface area (Å²) in [5.41, 5.74) is 10.6. The zero-order valence-electron chi connectivity index (χ0n) is 15.2. The lowest BCUT2D eigenvalue weighted by molar-refractivity contribution is 0.0515. The first-order valence-corrected chi connectivity index (χ1v) is 9.16. The Labute approximate surface area is 162 Å². The Morgan fingerprint density at radius 1 is 1.37 bits per heavy atom. The van der Waals surface area contributed by atoms with E-state index in [-0.39, 0.29) is 12.8 Å². The highest BCUT2D eigenvalue weighted by atomic mass is 32.1. The molecule has 1 atom stereocenters. The monoisotopic (exact) mass is 383 g/mol. The van der Waals surface area contributed by atoms with E-state index in [1.54, 1.807) is 7.11 Å². The molecule has 0 radical (unpaired) electrons. The van der Waals surface area contributed by atoms with Crippen LogP contribution in [0.25, 0.3) is 22.3 Å². The molecule has 0 amide bonds. The number of thiocarbonyl (C=S) groups is 1. The first-order valence-electron chi connectivity index (χ1n) is 8.75. The Morgan fingerprint density at radius 3 is 2.96 bits per heavy atom. The highest BCUT2D eigenvalue weighted by Crippen LogP contribution is 2.37. The van der Waals surface area contributed by atoms with Crippen LogP contribution in [0, 0.1) is 0 Å². The van der Waals surface area contributed by atoms with Gasteiger partial charge in [-0.15, -0.1) is 10.2 Å². The largest absolute Gasteiger partial charge is 0.467 e. The quantitative estimate of drug-likeness (QED) is 0.529. The maximum absolute atomic E-state index is 5.91. The number of H-pyrrole nitrogens is 1. The van der Waals surface area contributed by atoms with Gasteiger partial charge in [-0.25, -0.2) is 0 Å². The van der Waals surface area contributed by atoms with Crippen LogP contribution in [0.2, 0.25) is 0 Å². The molecule has 2 aromatic heterocycles. The van der Waals surface area contributed by atoms with Crippen molar-refractivity contribution in [1.82, 2.24) is 20.1 Å². The Morgan fingerprint density at radius 2 is 2.19 bits per heavy atom. The van der Waals surface area contributed by atoms with Gasteiger partial charge in [-0.3, -0.25) is 0 Å². The molecule has 1 aliphatic heterocycles. The van der Waals surface area contributed by atoms with E-state index in [0.717, 1.165) is 35.3 Å². The van der Waals surface area contributed by atoms with Crippen LogP contribution in [-0.4, -0.2) is 45.6 Å². The van der Waals surface area contributed by atoms with Crippen molar-refractivity contribution in [3.8, 4) is 17.0 Å². The summed E-state index contributed by atoms with van der Waals surface area (Å²) in [7, 11) is 1.59. The number of benzene rings is 1. The van der Waals surface area contributed by atoms with Crippen molar-refractivity contribution >= 4 is 28.4 Å². The van der Waals surface area contributed by atoms with Crippen LogP contribution in [0.4, 0.5) is 0 Å². The van der Waals surface area contributed by atoms with Crippen LogP contribution < -0.4 is 10.5 Å². The van der Waals surface area contributed by atoms with E-state index in [0.29, 0.717) is 10.9 Å². The summed E-state index contributed by atoms with van der Waals surface area (Å²) in [6.07, 6.45) is 0.843. The number of aromatic amines is 1. The minimum atomic E-state index is 0.0806. The van der Waals surface area contributed by atoms with Crippen molar-refractivity contribution in [2.24, 2.45) is 5.73 Å². The molecular weight excluding hydrogens is 362 g/mol. The molecule has 3 heterocycles. The fourth-order valence-electron chi connectivity index (χ4n) is 3.68. The minimum Gasteiger partial charge on any atom is -0.467 e. The van der Waals surface area contributed by atoms with E-state index in [1.807, 2.05) is 35.2 Å². The van der Waals surface area contributed by atoms with E-state index >= 15 is 0 Å². The summed E-state index contributed by atoms with van der Waals surface area (Å²) in [5.74, 6) is 0.704. The van der Waals surface area contributed by atoms with Gasteiger partial charge in [0.1, 0.15) is 5.75 Å². The average molecular weight is 383 g/mol. The minimum absolute atomic E-state index is 0.0806. The Kier molecular flexibility index (Phi) is 4.67. The summed E-state index contributed by atoms with van der Waals surface area (Å²) in [6.45, 7) is 3.08. The van der Waals surface area contributed by atoms with Gasteiger partial charge < -0.3 is 25.1 Å². The average Bonchev–Trinajstić information content (AvgIpc) is 3.05. The molecule has 4 rings (SSSR count). The molecular formula is C19H21N5O2S. The van der Waals surface area contributed by atoms with E-state index in [1.165, 1.54) is 11.3 Å². The fraction of sp³-hybridized carbons (Fsp3) is 0.316. The summed E-state index contributed by atoms with van der Waals surface area (Å²) in [6, 6.07) is 9.85. The molecule has 0 bridgehead atoms. The van der Waals surface area contributed by atoms with Gasteiger partial charge in [0.05, 0.1) is 11.7 Å². The van der Waals surface area contributed by atoms with Crippen LogP contribution >= 0.6 is 12.2 Å². The van der Waals surface area contributed by atoms with Crippen molar-refractivity contribution in [2.75, 3.05) is 20.4 Å². The predicted octanol–water partition coefficient (Wildman–Crippen LogP) is 2.77.